The molecule has 0 atom stereocenters. The zero-order valence-electron chi connectivity index (χ0n) is 17.6. The molecule has 0 aliphatic carbocycles. The number of hydrogen-bond donors (Lipinski definition) is 0. The third-order valence-electron chi connectivity index (χ3n) is 4.18. The number of hydrogen-bond acceptors (Lipinski definition) is 10. The van der Waals surface area contributed by atoms with Gasteiger partial charge in [0.15, 0.2) is 11.6 Å². The molecule has 0 spiro atoms. The van der Waals surface area contributed by atoms with E-state index in [1.807, 2.05) is 0 Å². The number of aromatic nitrogens is 6. The van der Waals surface area contributed by atoms with Gasteiger partial charge >= 0.3 is 24.0 Å². The lowest BCUT2D eigenvalue weighted by Crippen LogP contribution is -2.11. The topological polar surface area (TPSA) is 130 Å². The Kier molecular flexibility index (Phi) is 8.01. The second-order valence-electron chi connectivity index (χ2n) is 6.61. The van der Waals surface area contributed by atoms with Crippen LogP contribution in [0.5, 0.6) is 12.0 Å². The second-order valence-corrected chi connectivity index (χ2v) is 8.29. The van der Waals surface area contributed by atoms with Crippen LogP contribution in [0, 0.1) is 0 Å². The second kappa shape index (κ2) is 11.4. The van der Waals surface area contributed by atoms with Gasteiger partial charge in [0.2, 0.25) is 0 Å². The van der Waals surface area contributed by atoms with E-state index in [2.05, 4.69) is 29.9 Å². The van der Waals surface area contributed by atoms with Crippen LogP contribution in [0.1, 0.15) is 0 Å². The minimum atomic E-state index is -0.955. The Bertz CT molecular complexity index is 1390. The van der Waals surface area contributed by atoms with Gasteiger partial charge in [0.05, 0.1) is 10.0 Å². The predicted octanol–water partition coefficient (Wildman–Crippen LogP) is 5.07. The average Bonchev–Trinajstić information content (AvgIpc) is 2.86. The molecule has 2 aromatic heterocycles. The number of ether oxygens (including phenoxy) is 2. The summed E-state index contributed by atoms with van der Waals surface area (Å²) < 4.78 is 10.0. The molecule has 0 unspecified atom stereocenters. The molecule has 0 N–H and O–H groups in total. The lowest BCUT2D eigenvalue weighted by Gasteiger charge is -2.05. The van der Waals surface area contributed by atoms with E-state index in [1.165, 1.54) is 0 Å². The maximum Gasteiger partial charge on any atom is 0.338 e. The van der Waals surface area contributed by atoms with Crippen molar-refractivity contribution in [2.24, 2.45) is 0 Å². The van der Waals surface area contributed by atoms with E-state index < -0.39 is 11.9 Å². The normalized spacial score (nSPS) is 10.9. The van der Waals surface area contributed by atoms with Crippen molar-refractivity contribution in [1.82, 2.24) is 29.9 Å². The van der Waals surface area contributed by atoms with Crippen LogP contribution >= 0.6 is 46.4 Å². The molecular weight excluding hydrogens is 554 g/mol. The summed E-state index contributed by atoms with van der Waals surface area (Å²) >= 11 is 24.2. The van der Waals surface area contributed by atoms with Gasteiger partial charge in [-0.2, -0.15) is 19.9 Å². The van der Waals surface area contributed by atoms with Gasteiger partial charge in [-0.05, 0) is 36.4 Å². The standard InChI is InChI=1S/C22H10Cl4N6O4/c23-11-1-3-15(25)13(7-11)19-27-9-29-21(31-19)35-17(33)5-6-18(34)36-22-30-10-28-20(32-22)14-8-12(24)2-4-16(14)26/h1-10H/b6-5-. The average molecular weight is 564 g/mol. The highest BCUT2D eigenvalue weighted by Crippen LogP contribution is 2.29. The number of rotatable bonds is 6. The van der Waals surface area contributed by atoms with Crippen molar-refractivity contribution >= 4 is 58.3 Å². The minimum absolute atomic E-state index is 0.133. The number of esters is 2. The molecule has 0 saturated carbocycles. The van der Waals surface area contributed by atoms with Gasteiger partial charge in [-0.3, -0.25) is 0 Å². The number of nitrogens with zero attached hydrogens (tertiary/aromatic N) is 6. The van der Waals surface area contributed by atoms with Crippen molar-refractivity contribution in [3.63, 3.8) is 0 Å². The van der Waals surface area contributed by atoms with Gasteiger partial charge in [0.1, 0.15) is 12.7 Å². The van der Waals surface area contributed by atoms with Crippen molar-refractivity contribution in [3.8, 4) is 34.8 Å². The summed E-state index contributed by atoms with van der Waals surface area (Å²) in [6.07, 6.45) is 3.89. The highest BCUT2D eigenvalue weighted by Gasteiger charge is 2.14. The first-order valence-electron chi connectivity index (χ1n) is 9.69. The summed E-state index contributed by atoms with van der Waals surface area (Å²) in [7, 11) is 0. The Labute approximate surface area is 222 Å². The molecular formula is C22H10Cl4N6O4. The summed E-state index contributed by atoms with van der Waals surface area (Å²) in [5, 5.41) is 1.50. The van der Waals surface area contributed by atoms with E-state index >= 15 is 0 Å². The Morgan fingerprint density at radius 1 is 0.639 bits per heavy atom. The van der Waals surface area contributed by atoms with Crippen LogP contribution in [0.25, 0.3) is 22.8 Å². The van der Waals surface area contributed by atoms with Gasteiger partial charge in [-0.25, -0.2) is 19.6 Å². The van der Waals surface area contributed by atoms with Crippen LogP contribution in [-0.4, -0.2) is 41.8 Å². The van der Waals surface area contributed by atoms with Crippen molar-refractivity contribution in [1.29, 1.82) is 0 Å². The number of halogens is 4. The quantitative estimate of drug-likeness (QED) is 0.231. The van der Waals surface area contributed by atoms with Crippen molar-refractivity contribution in [2.75, 3.05) is 0 Å². The molecule has 0 radical (unpaired) electrons. The van der Waals surface area contributed by atoms with Crippen LogP contribution in [0.2, 0.25) is 20.1 Å². The zero-order valence-corrected chi connectivity index (χ0v) is 20.6. The molecule has 0 amide bonds. The van der Waals surface area contributed by atoms with E-state index in [0.29, 0.717) is 31.2 Å². The molecule has 0 aliphatic heterocycles. The first-order valence-corrected chi connectivity index (χ1v) is 11.2. The number of benzene rings is 2. The van der Waals surface area contributed by atoms with E-state index in [1.54, 1.807) is 36.4 Å². The summed E-state index contributed by atoms with van der Waals surface area (Å²) in [6, 6.07) is 8.80. The molecule has 0 fully saturated rings. The maximum absolute atomic E-state index is 12.1. The molecule has 10 nitrogen and oxygen atoms in total. The monoisotopic (exact) mass is 562 g/mol. The van der Waals surface area contributed by atoms with E-state index in [9.17, 15) is 9.59 Å². The fraction of sp³-hybridized carbons (Fsp3) is 0. The lowest BCUT2D eigenvalue weighted by molar-refractivity contribution is -0.132. The molecule has 180 valence electrons. The highest BCUT2D eigenvalue weighted by atomic mass is 35.5. The SMILES string of the molecule is O=C(/C=C\C(=O)Oc1ncnc(-c2cc(Cl)ccc2Cl)n1)Oc1ncnc(-c2cc(Cl)ccc2Cl)n1. The first-order chi connectivity index (χ1) is 17.3. The van der Waals surface area contributed by atoms with E-state index in [0.717, 1.165) is 24.8 Å². The van der Waals surface area contributed by atoms with Gasteiger partial charge in [-0.1, -0.05) is 46.4 Å². The molecule has 0 bridgehead atoms. The van der Waals surface area contributed by atoms with Crippen LogP contribution in [0.4, 0.5) is 0 Å². The summed E-state index contributed by atoms with van der Waals surface area (Å²) in [5.74, 6) is -1.64. The third-order valence-corrected chi connectivity index (χ3v) is 5.31. The predicted molar refractivity (Wildman–Crippen MR) is 131 cm³/mol. The fourth-order valence-electron chi connectivity index (χ4n) is 2.64. The van der Waals surface area contributed by atoms with Crippen LogP contribution in [-0.2, 0) is 9.59 Å². The first kappa shape index (κ1) is 25.4. The molecule has 4 aromatic rings. The zero-order chi connectivity index (χ0) is 25.7. The van der Waals surface area contributed by atoms with Gasteiger partial charge in [-0.15, -0.1) is 0 Å². The minimum Gasteiger partial charge on any atom is -0.387 e. The van der Waals surface area contributed by atoms with Crippen LogP contribution in [0.15, 0.2) is 61.2 Å². The summed E-state index contributed by atoms with van der Waals surface area (Å²) in [4.78, 5) is 47.8. The van der Waals surface area contributed by atoms with E-state index in [4.69, 9.17) is 55.9 Å². The van der Waals surface area contributed by atoms with Crippen molar-refractivity contribution < 1.29 is 19.1 Å². The molecule has 14 heteroatoms. The Hall–Kier alpha value is -3.70. The van der Waals surface area contributed by atoms with Crippen molar-refractivity contribution in [3.05, 3.63) is 81.3 Å². The Balaban J connectivity index is 1.41. The lowest BCUT2D eigenvalue weighted by atomic mass is 10.2. The Morgan fingerprint density at radius 3 is 1.47 bits per heavy atom. The Morgan fingerprint density at radius 2 is 1.06 bits per heavy atom. The number of carbonyl (C=O) groups excluding carboxylic acids is 2. The molecule has 4 rings (SSSR count). The summed E-state index contributed by atoms with van der Waals surface area (Å²) in [5.41, 5.74) is 0.831. The maximum atomic E-state index is 12.1. The molecule has 0 aliphatic rings. The van der Waals surface area contributed by atoms with Crippen molar-refractivity contribution in [2.45, 2.75) is 0 Å². The molecule has 2 aromatic carbocycles. The highest BCUT2D eigenvalue weighted by molar-refractivity contribution is 6.35. The molecule has 36 heavy (non-hydrogen) atoms. The van der Waals surface area contributed by atoms with Gasteiger partial charge in [0, 0.05) is 33.3 Å². The van der Waals surface area contributed by atoms with Gasteiger partial charge in [0.25, 0.3) is 0 Å². The molecule has 0 saturated heterocycles. The van der Waals surface area contributed by atoms with Crippen LogP contribution in [0.3, 0.4) is 0 Å². The smallest absolute Gasteiger partial charge is 0.338 e. The van der Waals surface area contributed by atoms with Crippen LogP contribution < -0.4 is 9.47 Å². The van der Waals surface area contributed by atoms with E-state index in [-0.39, 0.29) is 23.7 Å². The summed E-state index contributed by atoms with van der Waals surface area (Å²) in [6.45, 7) is 0. The third kappa shape index (κ3) is 6.49. The number of carbonyl (C=O) groups is 2. The van der Waals surface area contributed by atoms with Gasteiger partial charge < -0.3 is 9.47 Å². The molecule has 2 heterocycles. The fourth-order valence-corrected chi connectivity index (χ4v) is 3.39. The largest absolute Gasteiger partial charge is 0.387 e.